The number of nitrogens with zero attached hydrogens (tertiary/aromatic N) is 4. The second-order valence-electron chi connectivity index (χ2n) is 10.7. The zero-order valence-electron chi connectivity index (χ0n) is 34.4. The van der Waals surface area contributed by atoms with Gasteiger partial charge in [0.2, 0.25) is 0 Å². The van der Waals surface area contributed by atoms with Crippen molar-refractivity contribution < 1.29 is 138 Å². The number of aliphatic imine (C=N–C) groups is 4. The average Bonchev–Trinajstić information content (AvgIpc) is 3.22. The number of hydrogen-bond acceptors (Lipinski definition) is 16. The minimum Gasteiger partial charge on any atom is -0.870 e. The van der Waals surface area contributed by atoms with Gasteiger partial charge in [-0.15, -0.1) is 0 Å². The molecule has 6 N–H and O–H groups in total. The van der Waals surface area contributed by atoms with Crippen LogP contribution in [0.25, 0.3) is 0 Å². The van der Waals surface area contributed by atoms with Crippen molar-refractivity contribution in [3.8, 4) is 46.0 Å². The Morgan fingerprint density at radius 3 is 0.742 bits per heavy atom. The molecule has 0 atom stereocenters. The van der Waals surface area contributed by atoms with Crippen LogP contribution in [-0.4, -0.2) is 106 Å². The Labute approximate surface area is 402 Å². The Hall–Kier alpha value is -4.25. The molecule has 18 nitrogen and oxygen atoms in total. The average molecular weight is 1050 g/mol. The summed E-state index contributed by atoms with van der Waals surface area (Å²) in [7, 11) is 7.16. The van der Waals surface area contributed by atoms with Crippen LogP contribution in [-0.2, 0) is 78.1 Å². The minimum absolute atomic E-state index is 0. The van der Waals surface area contributed by atoms with Gasteiger partial charge in [-0.2, -0.15) is 14.2 Å². The van der Waals surface area contributed by atoms with Crippen molar-refractivity contribution in [1.82, 2.24) is 0 Å². The Morgan fingerprint density at radius 1 is 0.403 bits per heavy atom. The predicted molar refractivity (Wildman–Crippen MR) is 209 cm³/mol. The van der Waals surface area contributed by atoms with Gasteiger partial charge in [0, 0.05) is 51.0 Å². The molecule has 62 heavy (non-hydrogen) atoms. The van der Waals surface area contributed by atoms with Crippen LogP contribution < -0.4 is 59.8 Å². The summed E-state index contributed by atoms with van der Waals surface area (Å²) in [6.07, 6.45) is 3.27. The van der Waals surface area contributed by atoms with Crippen molar-refractivity contribution >= 4 is 24.9 Å². The standard InChI is InChI=1S/2C19H21N2O5.2CH3O.4Co.2H2O/c2*1-25-16-7-3-5-13(18(16)23)9-20-11-15(22)12-21-10-14-6-4-8-17(26-2)19(14)24;2*1-2;;;;;;/h2*3-10,15,23-24H,11-12H2,1-2H3;2*1H3;;;;;2*1H2/q4*-1;4*+2;;/p-2. The van der Waals surface area contributed by atoms with Gasteiger partial charge in [-0.3, -0.25) is 20.0 Å². The first kappa shape index (κ1) is 69.4. The Morgan fingerprint density at radius 2 is 0.581 bits per heavy atom. The number of benzene rings is 4. The van der Waals surface area contributed by atoms with Gasteiger partial charge in [0.1, 0.15) is 23.0 Å². The molecule has 4 aromatic rings. The third-order valence-corrected chi connectivity index (χ3v) is 7.07. The molecule has 4 radical (unpaired) electrons. The van der Waals surface area contributed by atoms with Crippen molar-refractivity contribution in [3.05, 3.63) is 95.1 Å². The zero-order chi connectivity index (χ0) is 41.9. The fourth-order valence-electron chi connectivity index (χ4n) is 4.37. The molecule has 0 unspecified atom stereocenters. The summed E-state index contributed by atoms with van der Waals surface area (Å²) in [4.78, 5) is 16.0. The van der Waals surface area contributed by atoms with Crippen LogP contribution in [0.1, 0.15) is 22.3 Å². The van der Waals surface area contributed by atoms with E-state index in [1.807, 2.05) is 0 Å². The van der Waals surface area contributed by atoms with Gasteiger partial charge in [0.05, 0.1) is 28.4 Å². The van der Waals surface area contributed by atoms with E-state index in [2.05, 4.69) is 20.0 Å². The summed E-state index contributed by atoms with van der Waals surface area (Å²) in [5, 5.41) is 88.0. The summed E-state index contributed by atoms with van der Waals surface area (Å²) in [5.41, 5.74) is 1.42. The van der Waals surface area contributed by atoms with Gasteiger partial charge < -0.3 is 70.8 Å². The van der Waals surface area contributed by atoms with E-state index in [1.165, 1.54) is 53.3 Å². The Kier molecular flexibility index (Phi) is 45.7. The number of hydrogen-bond donors (Lipinski definition) is 0. The molecule has 0 aliphatic rings. The first-order valence-electron chi connectivity index (χ1n) is 16.6. The molecule has 0 aliphatic carbocycles. The van der Waals surface area contributed by atoms with Crippen molar-refractivity contribution in [2.24, 2.45) is 20.0 Å². The van der Waals surface area contributed by atoms with Gasteiger partial charge in [-0.1, -0.05) is 83.7 Å². The summed E-state index contributed by atoms with van der Waals surface area (Å²) in [5.74, 6) is -0.207. The quantitative estimate of drug-likeness (QED) is 0.0775. The van der Waals surface area contributed by atoms with Gasteiger partial charge in [-0.25, -0.2) is 0 Å². The van der Waals surface area contributed by atoms with E-state index in [0.717, 1.165) is 14.2 Å². The fraction of sp³-hybridized carbons (Fsp3) is 0.300. The van der Waals surface area contributed by atoms with Crippen LogP contribution in [0, 0.1) is 0 Å². The molecule has 0 bridgehead atoms. The molecule has 0 saturated heterocycles. The Bertz CT molecular complexity index is 1610. The molecule has 0 amide bonds. The molecule has 0 heterocycles. The van der Waals surface area contributed by atoms with Crippen molar-refractivity contribution in [2.75, 3.05) is 68.8 Å². The molecule has 0 aliphatic heterocycles. The molecule has 4 aromatic carbocycles. The molecular formula is C40H50Co4N4O14+2. The molecule has 0 aromatic heterocycles. The van der Waals surface area contributed by atoms with Crippen LogP contribution in [0.15, 0.2) is 92.8 Å². The number of para-hydroxylation sites is 4. The molecule has 0 saturated carbocycles. The Balaban J connectivity index is -0.000000215. The molecular weight excluding hydrogens is 996 g/mol. The van der Waals surface area contributed by atoms with Gasteiger partial charge in [0.25, 0.3) is 0 Å². The topological polar surface area (TPSA) is 337 Å². The van der Waals surface area contributed by atoms with E-state index < -0.39 is 12.2 Å². The number of ether oxygens (including phenoxy) is 4. The monoisotopic (exact) mass is 1050 g/mol. The first-order valence-corrected chi connectivity index (χ1v) is 16.6. The first-order chi connectivity index (χ1) is 27.1. The largest absolute Gasteiger partial charge is 2.00 e. The van der Waals surface area contributed by atoms with Gasteiger partial charge in [-0.05, 0) is 46.5 Å². The summed E-state index contributed by atoms with van der Waals surface area (Å²) < 4.78 is 19.8. The van der Waals surface area contributed by atoms with Crippen LogP contribution in [0.2, 0.25) is 0 Å². The molecule has 0 fully saturated rings. The maximum absolute atomic E-state index is 11.9. The van der Waals surface area contributed by atoms with E-state index in [0.29, 0.717) is 22.3 Å². The van der Waals surface area contributed by atoms with Crippen molar-refractivity contribution in [3.63, 3.8) is 0 Å². The van der Waals surface area contributed by atoms with Crippen molar-refractivity contribution in [1.29, 1.82) is 0 Å². The molecule has 0 spiro atoms. The summed E-state index contributed by atoms with van der Waals surface area (Å²) in [6.45, 7) is -0.126. The van der Waals surface area contributed by atoms with E-state index in [9.17, 15) is 30.6 Å². The van der Waals surface area contributed by atoms with Crippen LogP contribution in [0.5, 0.6) is 46.0 Å². The van der Waals surface area contributed by atoms with Crippen LogP contribution in [0.3, 0.4) is 0 Å². The second-order valence-corrected chi connectivity index (χ2v) is 10.7. The summed E-state index contributed by atoms with van der Waals surface area (Å²) in [6, 6.07) is 19.4. The van der Waals surface area contributed by atoms with Gasteiger partial charge in [0.15, 0.2) is 0 Å². The second kappa shape index (κ2) is 40.8. The third kappa shape index (κ3) is 23.8. The smallest absolute Gasteiger partial charge is 0.870 e. The maximum atomic E-state index is 11.9. The van der Waals surface area contributed by atoms with Crippen LogP contribution >= 0.6 is 0 Å². The van der Waals surface area contributed by atoms with Crippen molar-refractivity contribution in [2.45, 2.75) is 12.2 Å². The normalized spacial score (nSPS) is 10.7. The zero-order valence-corrected chi connectivity index (χ0v) is 38.6. The molecule has 348 valence electrons. The maximum Gasteiger partial charge on any atom is 2.00 e. The van der Waals surface area contributed by atoms with E-state index in [-0.39, 0.29) is 150 Å². The van der Waals surface area contributed by atoms with Gasteiger partial charge >= 0.3 is 67.1 Å². The minimum atomic E-state index is -1.08. The molecule has 22 heteroatoms. The third-order valence-electron chi connectivity index (χ3n) is 7.07. The summed E-state index contributed by atoms with van der Waals surface area (Å²) >= 11 is 0. The fourth-order valence-corrected chi connectivity index (χ4v) is 4.37. The van der Waals surface area contributed by atoms with E-state index in [1.54, 1.807) is 72.8 Å². The van der Waals surface area contributed by atoms with E-state index >= 15 is 0 Å². The predicted octanol–water partition coefficient (Wildman–Crippen LogP) is -3.66. The number of rotatable bonds is 16. The SMILES string of the molecule is COc1cccc(C=NCC([O-])CN=Cc2cccc(OC)c2[O-])c1[O-].COc1cccc(C=NCC([O-])CN=Cc2cccc(OC)c2[O-])c1[O-].C[O-].C[O-].[Co+2].[Co+2].[Co+2].[Co+2].[OH3+].[OH3+]. The number of methoxy groups -OCH3 is 4. The molecule has 4 rings (SSSR count). The van der Waals surface area contributed by atoms with Crippen LogP contribution in [0.4, 0.5) is 0 Å². The van der Waals surface area contributed by atoms with E-state index in [4.69, 9.17) is 29.2 Å².